The lowest BCUT2D eigenvalue weighted by atomic mass is 10.2. The van der Waals surface area contributed by atoms with Gasteiger partial charge in [0.15, 0.2) is 0 Å². The Morgan fingerprint density at radius 3 is 1.72 bits per heavy atom. The van der Waals surface area contributed by atoms with Crippen LogP contribution in [0, 0.1) is 0 Å². The van der Waals surface area contributed by atoms with Gasteiger partial charge in [-0.2, -0.15) is 0 Å². The van der Waals surface area contributed by atoms with Crippen LogP contribution in [0.1, 0.15) is 20.8 Å². The minimum Gasteiger partial charge on any atom is -0.478 e. The van der Waals surface area contributed by atoms with Crippen LogP contribution in [0.2, 0.25) is 0 Å². The highest BCUT2D eigenvalue weighted by atomic mass is 35.5. The summed E-state index contributed by atoms with van der Waals surface area (Å²) in [5.74, 6) is -1.02. The van der Waals surface area contributed by atoms with Crippen LogP contribution in [0.25, 0.3) is 0 Å². The van der Waals surface area contributed by atoms with Gasteiger partial charge in [-0.25, -0.2) is 4.79 Å². The molecule has 2 nitrogen and oxygen atoms in total. The molecule has 0 aliphatic carbocycles. The Bertz CT molecular complexity index is 240. The Morgan fingerprint density at radius 1 is 1.28 bits per heavy atom. The summed E-state index contributed by atoms with van der Waals surface area (Å²) in [7, 11) is 0.500. The van der Waals surface area contributed by atoms with Crippen LogP contribution < -0.4 is 0 Å². The molecule has 0 rings (SSSR count). The van der Waals surface area contributed by atoms with Crippen LogP contribution >= 0.6 is 11.6 Å². The Hall–Kier alpha value is -1.35. The lowest BCUT2D eigenvalue weighted by Gasteiger charge is -1.91. The molecular formula is C14H24ClFO2. The number of aliphatic carboxylic acids is 1. The van der Waals surface area contributed by atoms with Gasteiger partial charge >= 0.3 is 5.97 Å². The highest BCUT2D eigenvalue weighted by molar-refractivity contribution is 6.21. The second-order valence-electron chi connectivity index (χ2n) is 2.68. The third-order valence-electron chi connectivity index (χ3n) is 0.837. The highest BCUT2D eigenvalue weighted by Crippen LogP contribution is 1.99. The van der Waals surface area contributed by atoms with Gasteiger partial charge in [-0.1, -0.05) is 30.9 Å². The van der Waals surface area contributed by atoms with E-state index in [0.717, 1.165) is 0 Å². The summed E-state index contributed by atoms with van der Waals surface area (Å²) >= 11 is 5.51. The van der Waals surface area contributed by atoms with E-state index in [9.17, 15) is 9.18 Å². The van der Waals surface area contributed by atoms with Gasteiger partial charge in [0.05, 0.1) is 12.8 Å². The van der Waals surface area contributed by atoms with E-state index in [1.807, 2.05) is 13.8 Å². The van der Waals surface area contributed by atoms with Crippen molar-refractivity contribution in [3.8, 4) is 0 Å². The number of allylic oxidation sites excluding steroid dienone is 3. The molecule has 0 bridgehead atoms. The Balaban J connectivity index is -0.000000102. The van der Waals surface area contributed by atoms with Gasteiger partial charge in [0.25, 0.3) is 0 Å². The first-order valence-corrected chi connectivity index (χ1v) is 5.57. The van der Waals surface area contributed by atoms with Crippen molar-refractivity contribution in [2.24, 2.45) is 0 Å². The summed E-state index contributed by atoms with van der Waals surface area (Å²) in [5, 5.41) is 8.14. The van der Waals surface area contributed by atoms with Crippen LogP contribution in [0.15, 0.2) is 49.6 Å². The Morgan fingerprint density at radius 2 is 1.56 bits per heavy atom. The smallest absolute Gasteiger partial charge is 0.335 e. The molecule has 0 aliphatic heterocycles. The van der Waals surface area contributed by atoms with Crippen molar-refractivity contribution in [3.63, 3.8) is 0 Å². The molecule has 0 spiro atoms. The van der Waals surface area contributed by atoms with Crippen molar-refractivity contribution in [2.75, 3.05) is 7.18 Å². The Kier molecular flexibility index (Phi) is 35.0. The molecule has 1 N–H and O–H groups in total. The fraction of sp³-hybridized carbons (Fsp3) is 0.357. The molecule has 0 saturated carbocycles. The van der Waals surface area contributed by atoms with Crippen LogP contribution in [0.5, 0.6) is 0 Å². The van der Waals surface area contributed by atoms with Gasteiger partial charge in [0, 0.05) is 5.38 Å². The summed E-state index contributed by atoms with van der Waals surface area (Å²) in [6, 6.07) is 0. The number of hydrogen-bond donors (Lipinski definition) is 1. The molecule has 1 atom stereocenters. The fourth-order valence-electron chi connectivity index (χ4n) is 0.320. The summed E-state index contributed by atoms with van der Waals surface area (Å²) < 4.78 is 9.50. The van der Waals surface area contributed by atoms with Crippen molar-refractivity contribution in [1.29, 1.82) is 0 Å². The molecule has 0 fully saturated rings. The molecule has 0 aromatic carbocycles. The van der Waals surface area contributed by atoms with E-state index in [2.05, 4.69) is 19.7 Å². The standard InChI is InChI=1S/C7H9ClO2.2C3H6.CH3F/c1-5(7(9)10)3-4-6(2)8;2*1-3-2;1-2/h3-4,6H,1H2,2H3,(H,9,10);2*3H,1H2,2H3;1H3/b4-3-;;;. The average molecular weight is 279 g/mol. The minimum atomic E-state index is -1.02. The zero-order valence-corrected chi connectivity index (χ0v) is 12.4. The first-order valence-electron chi connectivity index (χ1n) is 5.13. The maximum Gasteiger partial charge on any atom is 0.335 e. The van der Waals surface area contributed by atoms with Crippen molar-refractivity contribution < 1.29 is 14.3 Å². The maximum absolute atomic E-state index is 10.1. The summed E-state index contributed by atoms with van der Waals surface area (Å²) in [5.41, 5.74) is 0.0486. The van der Waals surface area contributed by atoms with E-state index in [0.29, 0.717) is 7.18 Å². The number of hydrogen-bond acceptors (Lipinski definition) is 1. The molecule has 0 amide bonds. The van der Waals surface area contributed by atoms with Crippen LogP contribution in [0.4, 0.5) is 4.39 Å². The van der Waals surface area contributed by atoms with E-state index in [1.165, 1.54) is 6.08 Å². The number of carboxylic acid groups (broad SMARTS) is 1. The van der Waals surface area contributed by atoms with Crippen molar-refractivity contribution in [1.82, 2.24) is 0 Å². The van der Waals surface area contributed by atoms with E-state index in [4.69, 9.17) is 16.7 Å². The molecule has 1 unspecified atom stereocenters. The summed E-state index contributed by atoms with van der Waals surface area (Å²) in [4.78, 5) is 10.1. The summed E-state index contributed by atoms with van der Waals surface area (Å²) in [6.07, 6.45) is 6.46. The van der Waals surface area contributed by atoms with Crippen LogP contribution in [-0.2, 0) is 4.79 Å². The lowest BCUT2D eigenvalue weighted by Crippen LogP contribution is -1.95. The van der Waals surface area contributed by atoms with E-state index >= 15 is 0 Å². The SMILES string of the molecule is C=C(/C=C\C(C)Cl)C(=O)O.C=CC.C=CC.CF. The normalized spacial score (nSPS) is 9.22. The third kappa shape index (κ3) is 46.6. The average Bonchev–Trinajstić information content (AvgIpc) is 2.30. The quantitative estimate of drug-likeness (QED) is 0.349. The van der Waals surface area contributed by atoms with E-state index < -0.39 is 5.97 Å². The topological polar surface area (TPSA) is 37.3 Å². The number of carbonyl (C=O) groups is 1. The zero-order chi connectivity index (χ0) is 15.6. The van der Waals surface area contributed by atoms with Gasteiger partial charge in [0.2, 0.25) is 0 Å². The number of alkyl halides is 2. The van der Waals surface area contributed by atoms with Crippen molar-refractivity contribution >= 4 is 17.6 Å². The van der Waals surface area contributed by atoms with Crippen LogP contribution in [0.3, 0.4) is 0 Å². The van der Waals surface area contributed by atoms with Crippen molar-refractivity contribution in [2.45, 2.75) is 26.1 Å². The minimum absolute atomic E-state index is 0.0486. The number of halogens is 2. The predicted octanol–water partition coefficient (Wildman–Crippen LogP) is 4.78. The van der Waals surface area contributed by atoms with Gasteiger partial charge < -0.3 is 5.11 Å². The number of carboxylic acids is 1. The van der Waals surface area contributed by atoms with Gasteiger partial charge in [-0.05, 0) is 20.8 Å². The second kappa shape index (κ2) is 24.7. The maximum atomic E-state index is 10.1. The molecule has 106 valence electrons. The molecule has 0 saturated heterocycles. The lowest BCUT2D eigenvalue weighted by molar-refractivity contribution is -0.132. The highest BCUT2D eigenvalue weighted by Gasteiger charge is 1.97. The second-order valence-corrected chi connectivity index (χ2v) is 3.37. The predicted molar refractivity (Wildman–Crippen MR) is 80.0 cm³/mol. The molecule has 18 heavy (non-hydrogen) atoms. The molecule has 0 radical (unpaired) electrons. The van der Waals surface area contributed by atoms with Gasteiger partial charge in [-0.15, -0.1) is 24.8 Å². The van der Waals surface area contributed by atoms with E-state index in [-0.39, 0.29) is 11.0 Å². The van der Waals surface area contributed by atoms with Crippen molar-refractivity contribution in [3.05, 3.63) is 49.6 Å². The third-order valence-corrected chi connectivity index (χ3v) is 0.983. The molecule has 4 heteroatoms. The first-order chi connectivity index (χ1) is 8.37. The molecule has 0 heterocycles. The Labute approximate surface area is 115 Å². The fourth-order valence-corrected chi connectivity index (χ4v) is 0.393. The zero-order valence-electron chi connectivity index (χ0n) is 11.6. The monoisotopic (exact) mass is 278 g/mol. The van der Waals surface area contributed by atoms with E-state index in [1.54, 1.807) is 25.2 Å². The molecule has 0 aromatic rings. The first kappa shape index (κ1) is 25.5. The largest absolute Gasteiger partial charge is 0.478 e. The van der Waals surface area contributed by atoms with Gasteiger partial charge in [-0.3, -0.25) is 4.39 Å². The molecule has 0 aliphatic rings. The molecular weight excluding hydrogens is 255 g/mol. The molecule has 0 aromatic heterocycles. The number of rotatable bonds is 3. The summed E-state index contributed by atoms with van der Waals surface area (Å²) in [6.45, 7) is 15.5. The van der Waals surface area contributed by atoms with Crippen LogP contribution in [-0.4, -0.2) is 23.6 Å². The van der Waals surface area contributed by atoms with Gasteiger partial charge in [0.1, 0.15) is 0 Å².